The second-order valence-corrected chi connectivity index (χ2v) is 5.80. The Morgan fingerprint density at radius 2 is 2.17 bits per heavy atom. The Kier molecular flexibility index (Phi) is 4.13. The lowest BCUT2D eigenvalue weighted by atomic mass is 9.92. The second kappa shape index (κ2) is 5.62. The topological polar surface area (TPSA) is 78.4 Å². The molecule has 0 radical (unpaired) electrons. The minimum atomic E-state index is -0.291. The first-order chi connectivity index (χ1) is 8.56. The van der Waals surface area contributed by atoms with Crippen molar-refractivity contribution in [3.05, 3.63) is 5.01 Å². The number of amides is 2. The summed E-state index contributed by atoms with van der Waals surface area (Å²) in [5.74, 6) is 0.304. The molecule has 100 valence electrons. The fourth-order valence-corrected chi connectivity index (χ4v) is 2.68. The Balaban J connectivity index is 1.84. The molecule has 1 aliphatic rings. The first kappa shape index (κ1) is 13.2. The van der Waals surface area contributed by atoms with Crippen molar-refractivity contribution in [2.75, 3.05) is 18.4 Å². The Morgan fingerprint density at radius 3 is 2.67 bits per heavy atom. The van der Waals surface area contributed by atoms with E-state index in [-0.39, 0.29) is 12.1 Å². The van der Waals surface area contributed by atoms with Gasteiger partial charge in [0.1, 0.15) is 5.01 Å². The smallest absolute Gasteiger partial charge is 0.323 e. The number of aliphatic hydroxyl groups excluding tert-OH is 1. The van der Waals surface area contributed by atoms with Gasteiger partial charge in [0, 0.05) is 13.1 Å². The van der Waals surface area contributed by atoms with E-state index < -0.39 is 0 Å². The Hall–Kier alpha value is -1.21. The van der Waals surface area contributed by atoms with Crippen molar-refractivity contribution in [2.45, 2.75) is 32.8 Å². The molecule has 0 aromatic carbocycles. The van der Waals surface area contributed by atoms with Gasteiger partial charge >= 0.3 is 6.03 Å². The van der Waals surface area contributed by atoms with Crippen molar-refractivity contribution in [1.29, 1.82) is 0 Å². The number of carbonyl (C=O) groups excluding carboxylic acids is 1. The van der Waals surface area contributed by atoms with Crippen LogP contribution in [0, 0.1) is 12.8 Å². The van der Waals surface area contributed by atoms with Gasteiger partial charge in [0.2, 0.25) is 5.13 Å². The number of anilines is 1. The van der Waals surface area contributed by atoms with Gasteiger partial charge in [-0.25, -0.2) is 4.79 Å². The van der Waals surface area contributed by atoms with Crippen molar-refractivity contribution in [1.82, 2.24) is 15.1 Å². The lowest BCUT2D eigenvalue weighted by Gasteiger charge is -2.32. The SMILES string of the molecule is Cc1nnc(NC(=O)N2CCC([C@@H](C)O)CC2)s1. The molecular weight excluding hydrogens is 252 g/mol. The summed E-state index contributed by atoms with van der Waals surface area (Å²) in [4.78, 5) is 13.7. The summed E-state index contributed by atoms with van der Waals surface area (Å²) in [6, 6.07) is -0.129. The van der Waals surface area contributed by atoms with Crippen LogP contribution in [0.25, 0.3) is 0 Å². The third kappa shape index (κ3) is 3.17. The van der Waals surface area contributed by atoms with E-state index in [4.69, 9.17) is 0 Å². The highest BCUT2D eigenvalue weighted by Gasteiger charge is 2.25. The van der Waals surface area contributed by atoms with E-state index in [1.165, 1.54) is 11.3 Å². The Labute approximate surface area is 110 Å². The number of nitrogens with one attached hydrogen (secondary N) is 1. The molecule has 6 nitrogen and oxygen atoms in total. The number of carbonyl (C=O) groups is 1. The number of urea groups is 1. The fourth-order valence-electron chi connectivity index (χ4n) is 2.10. The van der Waals surface area contributed by atoms with Crippen molar-refractivity contribution in [3.8, 4) is 0 Å². The summed E-state index contributed by atoms with van der Waals surface area (Å²) in [5.41, 5.74) is 0. The predicted octanol–water partition coefficient (Wildman–Crippen LogP) is 1.47. The first-order valence-electron chi connectivity index (χ1n) is 6.10. The second-order valence-electron chi connectivity index (χ2n) is 4.62. The summed E-state index contributed by atoms with van der Waals surface area (Å²) in [5, 5.41) is 21.3. The lowest BCUT2D eigenvalue weighted by molar-refractivity contribution is 0.0820. The molecule has 7 heteroatoms. The molecule has 0 aliphatic carbocycles. The molecule has 1 atom stereocenters. The van der Waals surface area contributed by atoms with Gasteiger partial charge in [-0.3, -0.25) is 5.32 Å². The van der Waals surface area contributed by atoms with Crippen LogP contribution < -0.4 is 5.32 Å². The summed E-state index contributed by atoms with van der Waals surface area (Å²) in [6.45, 7) is 5.02. The number of rotatable bonds is 2. The van der Waals surface area contributed by atoms with E-state index in [0.29, 0.717) is 24.1 Å². The number of likely N-dealkylation sites (tertiary alicyclic amines) is 1. The van der Waals surface area contributed by atoms with Crippen LogP contribution in [0.1, 0.15) is 24.8 Å². The molecule has 0 saturated carbocycles. The molecule has 1 aromatic rings. The summed E-state index contributed by atoms with van der Waals surface area (Å²) >= 11 is 1.36. The highest BCUT2D eigenvalue weighted by Crippen LogP contribution is 2.21. The Bertz CT molecular complexity index is 413. The van der Waals surface area contributed by atoms with E-state index in [1.807, 2.05) is 13.8 Å². The average Bonchev–Trinajstić information content (AvgIpc) is 2.75. The number of nitrogens with zero attached hydrogens (tertiary/aromatic N) is 3. The standard InChI is InChI=1S/C11H18N4O2S/c1-7(16)9-3-5-15(6-4-9)11(17)12-10-14-13-8(2)18-10/h7,9,16H,3-6H2,1-2H3,(H,12,14,17)/t7-/m1/s1. The van der Waals surface area contributed by atoms with Gasteiger partial charge in [-0.2, -0.15) is 0 Å². The molecule has 2 rings (SSSR count). The number of hydrogen-bond acceptors (Lipinski definition) is 5. The number of aryl methyl sites for hydroxylation is 1. The van der Waals surface area contributed by atoms with Crippen LogP contribution in [-0.4, -0.2) is 45.4 Å². The Morgan fingerprint density at radius 1 is 1.50 bits per heavy atom. The molecule has 18 heavy (non-hydrogen) atoms. The summed E-state index contributed by atoms with van der Waals surface area (Å²) in [7, 11) is 0. The highest BCUT2D eigenvalue weighted by atomic mass is 32.1. The van der Waals surface area contributed by atoms with Gasteiger partial charge in [-0.05, 0) is 32.6 Å². The van der Waals surface area contributed by atoms with E-state index in [9.17, 15) is 9.90 Å². The molecule has 0 unspecified atom stereocenters. The summed E-state index contributed by atoms with van der Waals surface area (Å²) in [6.07, 6.45) is 1.40. The van der Waals surface area contributed by atoms with Gasteiger partial charge in [0.05, 0.1) is 6.10 Å². The molecule has 1 saturated heterocycles. The van der Waals surface area contributed by atoms with Gasteiger partial charge in [0.15, 0.2) is 0 Å². The number of aromatic nitrogens is 2. The predicted molar refractivity (Wildman–Crippen MR) is 69.6 cm³/mol. The molecule has 2 amide bonds. The number of piperidine rings is 1. The average molecular weight is 270 g/mol. The minimum absolute atomic E-state index is 0.129. The van der Waals surface area contributed by atoms with Gasteiger partial charge in [-0.1, -0.05) is 11.3 Å². The first-order valence-corrected chi connectivity index (χ1v) is 6.92. The minimum Gasteiger partial charge on any atom is -0.393 e. The third-order valence-electron chi connectivity index (χ3n) is 3.25. The maximum absolute atomic E-state index is 11.9. The van der Waals surface area contributed by atoms with Crippen LogP contribution in [0.2, 0.25) is 0 Å². The molecule has 1 fully saturated rings. The van der Waals surface area contributed by atoms with Crippen LogP contribution in [0.4, 0.5) is 9.93 Å². The van der Waals surface area contributed by atoms with E-state index >= 15 is 0 Å². The lowest BCUT2D eigenvalue weighted by Crippen LogP contribution is -2.42. The molecule has 0 spiro atoms. The summed E-state index contributed by atoms with van der Waals surface area (Å²) < 4.78 is 0. The normalized spacial score (nSPS) is 18.7. The van der Waals surface area contributed by atoms with Crippen LogP contribution in [0.15, 0.2) is 0 Å². The number of aliphatic hydroxyl groups is 1. The third-order valence-corrected chi connectivity index (χ3v) is 4.00. The zero-order chi connectivity index (χ0) is 13.1. The quantitative estimate of drug-likeness (QED) is 0.853. The van der Waals surface area contributed by atoms with Crippen LogP contribution in [0.3, 0.4) is 0 Å². The van der Waals surface area contributed by atoms with Crippen molar-refractivity contribution >= 4 is 22.5 Å². The van der Waals surface area contributed by atoms with Crippen molar-refractivity contribution < 1.29 is 9.90 Å². The van der Waals surface area contributed by atoms with E-state index in [1.54, 1.807) is 4.90 Å². The molecule has 1 aliphatic heterocycles. The molecule has 1 aromatic heterocycles. The molecular formula is C11H18N4O2S. The highest BCUT2D eigenvalue weighted by molar-refractivity contribution is 7.15. The zero-order valence-corrected chi connectivity index (χ0v) is 11.4. The molecule has 2 heterocycles. The van der Waals surface area contributed by atoms with Crippen molar-refractivity contribution in [3.63, 3.8) is 0 Å². The maximum Gasteiger partial charge on any atom is 0.323 e. The zero-order valence-electron chi connectivity index (χ0n) is 10.6. The van der Waals surface area contributed by atoms with Gasteiger partial charge < -0.3 is 10.0 Å². The van der Waals surface area contributed by atoms with Crippen LogP contribution in [-0.2, 0) is 0 Å². The molecule has 0 bridgehead atoms. The monoisotopic (exact) mass is 270 g/mol. The maximum atomic E-state index is 11.9. The van der Waals surface area contributed by atoms with Crippen LogP contribution >= 0.6 is 11.3 Å². The van der Waals surface area contributed by atoms with Gasteiger partial charge in [0.25, 0.3) is 0 Å². The van der Waals surface area contributed by atoms with Gasteiger partial charge in [-0.15, -0.1) is 10.2 Å². The number of hydrogen-bond donors (Lipinski definition) is 2. The van der Waals surface area contributed by atoms with E-state index in [0.717, 1.165) is 17.8 Å². The van der Waals surface area contributed by atoms with Crippen LogP contribution in [0.5, 0.6) is 0 Å². The fraction of sp³-hybridized carbons (Fsp3) is 0.727. The largest absolute Gasteiger partial charge is 0.393 e. The van der Waals surface area contributed by atoms with E-state index in [2.05, 4.69) is 15.5 Å². The van der Waals surface area contributed by atoms with Crippen molar-refractivity contribution in [2.24, 2.45) is 5.92 Å². The molecule has 2 N–H and O–H groups in total.